The predicted molar refractivity (Wildman–Crippen MR) is 63.3 cm³/mol. The molecule has 0 bridgehead atoms. The summed E-state index contributed by atoms with van der Waals surface area (Å²) in [6.45, 7) is 2.78. The molecule has 2 rings (SSSR count). The fourth-order valence-corrected chi connectivity index (χ4v) is 2.15. The van der Waals surface area contributed by atoms with Crippen LogP contribution in [0, 0.1) is 0 Å². The van der Waals surface area contributed by atoms with Crippen molar-refractivity contribution in [2.75, 3.05) is 6.61 Å². The first kappa shape index (κ1) is 10.3. The molecule has 1 aromatic carbocycles. The minimum Gasteiger partial charge on any atom is -0.494 e. The fraction of sp³-hybridized carbons (Fsp3) is 0.429. The summed E-state index contributed by atoms with van der Waals surface area (Å²) in [5.41, 5.74) is 1.34. The maximum atomic E-state index is 5.66. The molecule has 1 aliphatic carbocycles. The van der Waals surface area contributed by atoms with Crippen molar-refractivity contribution in [3.05, 3.63) is 42.0 Å². The Hall–Kier alpha value is -1.24. The molecule has 0 aliphatic heterocycles. The van der Waals surface area contributed by atoms with E-state index in [9.17, 15) is 0 Å². The van der Waals surface area contributed by atoms with Gasteiger partial charge in [0.25, 0.3) is 0 Å². The van der Waals surface area contributed by atoms with Crippen LogP contribution in [0.25, 0.3) is 0 Å². The smallest absolute Gasteiger partial charge is 0.123 e. The molecule has 0 aromatic heterocycles. The van der Waals surface area contributed by atoms with E-state index in [-0.39, 0.29) is 0 Å². The number of hydrogen-bond acceptors (Lipinski definition) is 1. The van der Waals surface area contributed by atoms with Gasteiger partial charge in [-0.3, -0.25) is 0 Å². The van der Waals surface area contributed by atoms with E-state index in [1.807, 2.05) is 13.0 Å². The first-order valence-electron chi connectivity index (χ1n) is 5.80. The molecule has 80 valence electrons. The molecule has 1 aromatic rings. The van der Waals surface area contributed by atoms with Crippen LogP contribution in [0.3, 0.4) is 0 Å². The lowest BCUT2D eigenvalue weighted by Crippen LogP contribution is -2.03. The standard InChI is InChI=1S/C14H18O/c1-2-15-14-11-7-6-10-13(14)12-8-4-3-5-9-12/h4,6-8,10-12H,2-3,5,9H2,1H3. The molecule has 0 heterocycles. The molecule has 1 heteroatoms. The van der Waals surface area contributed by atoms with Gasteiger partial charge in [-0.2, -0.15) is 0 Å². The van der Waals surface area contributed by atoms with Crippen LogP contribution in [0.15, 0.2) is 36.4 Å². The third-order valence-corrected chi connectivity index (χ3v) is 2.87. The number of rotatable bonds is 3. The average Bonchev–Trinajstić information content (AvgIpc) is 2.31. The molecule has 0 saturated carbocycles. The van der Waals surface area contributed by atoms with Gasteiger partial charge in [-0.1, -0.05) is 30.4 Å². The Kier molecular flexibility index (Phi) is 3.44. The van der Waals surface area contributed by atoms with Crippen molar-refractivity contribution >= 4 is 0 Å². The molecule has 0 N–H and O–H groups in total. The lowest BCUT2D eigenvalue weighted by Gasteiger charge is -2.19. The summed E-state index contributed by atoms with van der Waals surface area (Å²) in [5.74, 6) is 1.61. The number of allylic oxidation sites excluding steroid dienone is 2. The van der Waals surface area contributed by atoms with Gasteiger partial charge in [0.15, 0.2) is 0 Å². The van der Waals surface area contributed by atoms with Gasteiger partial charge in [-0.05, 0) is 32.3 Å². The van der Waals surface area contributed by atoms with E-state index < -0.39 is 0 Å². The average molecular weight is 202 g/mol. The molecular weight excluding hydrogens is 184 g/mol. The summed E-state index contributed by atoms with van der Waals surface area (Å²) >= 11 is 0. The molecule has 1 aliphatic rings. The summed E-state index contributed by atoms with van der Waals surface area (Å²) in [7, 11) is 0. The number of ether oxygens (including phenoxy) is 1. The zero-order chi connectivity index (χ0) is 10.5. The van der Waals surface area contributed by atoms with Crippen molar-refractivity contribution in [1.29, 1.82) is 0 Å². The molecule has 15 heavy (non-hydrogen) atoms. The second-order valence-corrected chi connectivity index (χ2v) is 3.94. The molecule has 1 nitrogen and oxygen atoms in total. The molecule has 0 fully saturated rings. The number of para-hydroxylation sites is 1. The van der Waals surface area contributed by atoms with Crippen LogP contribution in [0.4, 0.5) is 0 Å². The Morgan fingerprint density at radius 2 is 2.20 bits per heavy atom. The highest BCUT2D eigenvalue weighted by Crippen LogP contribution is 2.33. The quantitative estimate of drug-likeness (QED) is 0.675. The normalized spacial score (nSPS) is 20.2. The maximum Gasteiger partial charge on any atom is 0.123 e. The van der Waals surface area contributed by atoms with Crippen molar-refractivity contribution < 1.29 is 4.74 Å². The monoisotopic (exact) mass is 202 g/mol. The Morgan fingerprint density at radius 3 is 2.93 bits per heavy atom. The molecular formula is C14H18O. The maximum absolute atomic E-state index is 5.66. The summed E-state index contributed by atoms with van der Waals surface area (Å²) < 4.78 is 5.66. The van der Waals surface area contributed by atoms with Crippen molar-refractivity contribution in [2.24, 2.45) is 0 Å². The van der Waals surface area contributed by atoms with E-state index in [1.54, 1.807) is 0 Å². The third-order valence-electron chi connectivity index (χ3n) is 2.87. The first-order chi connectivity index (χ1) is 7.42. The lowest BCUT2D eigenvalue weighted by molar-refractivity contribution is 0.334. The van der Waals surface area contributed by atoms with Crippen LogP contribution in [-0.2, 0) is 0 Å². The fourth-order valence-electron chi connectivity index (χ4n) is 2.15. The van der Waals surface area contributed by atoms with Gasteiger partial charge < -0.3 is 4.74 Å². The largest absolute Gasteiger partial charge is 0.494 e. The molecule has 0 amide bonds. The third kappa shape index (κ3) is 2.41. The summed E-state index contributed by atoms with van der Waals surface area (Å²) in [6.07, 6.45) is 8.38. The molecule has 0 radical (unpaired) electrons. The summed E-state index contributed by atoms with van der Waals surface area (Å²) in [4.78, 5) is 0. The van der Waals surface area contributed by atoms with Gasteiger partial charge in [-0.25, -0.2) is 0 Å². The van der Waals surface area contributed by atoms with Gasteiger partial charge >= 0.3 is 0 Å². The van der Waals surface area contributed by atoms with Crippen LogP contribution in [-0.4, -0.2) is 6.61 Å². The Balaban J connectivity index is 2.25. The predicted octanol–water partition coefficient (Wildman–Crippen LogP) is 3.91. The summed E-state index contributed by atoms with van der Waals surface area (Å²) in [5, 5.41) is 0. The van der Waals surface area contributed by atoms with Gasteiger partial charge in [0.05, 0.1) is 6.61 Å². The summed E-state index contributed by atoms with van der Waals surface area (Å²) in [6, 6.07) is 8.40. The zero-order valence-corrected chi connectivity index (χ0v) is 9.28. The van der Waals surface area contributed by atoms with Gasteiger partial charge in [0, 0.05) is 11.5 Å². The molecule has 0 spiro atoms. The second kappa shape index (κ2) is 5.01. The molecule has 0 saturated heterocycles. The van der Waals surface area contributed by atoms with E-state index >= 15 is 0 Å². The minimum absolute atomic E-state index is 0.557. The van der Waals surface area contributed by atoms with Crippen LogP contribution >= 0.6 is 0 Å². The molecule has 1 unspecified atom stereocenters. The topological polar surface area (TPSA) is 9.23 Å². The van der Waals surface area contributed by atoms with E-state index in [0.29, 0.717) is 5.92 Å². The van der Waals surface area contributed by atoms with Crippen molar-refractivity contribution in [3.63, 3.8) is 0 Å². The number of benzene rings is 1. The number of hydrogen-bond donors (Lipinski definition) is 0. The lowest BCUT2D eigenvalue weighted by atomic mass is 9.89. The Labute approximate surface area is 91.8 Å². The van der Waals surface area contributed by atoms with Crippen LogP contribution in [0.1, 0.15) is 37.7 Å². The van der Waals surface area contributed by atoms with Crippen molar-refractivity contribution in [2.45, 2.75) is 32.1 Å². The minimum atomic E-state index is 0.557. The van der Waals surface area contributed by atoms with Gasteiger partial charge in [-0.15, -0.1) is 0 Å². The van der Waals surface area contributed by atoms with Crippen molar-refractivity contribution in [1.82, 2.24) is 0 Å². The highest BCUT2D eigenvalue weighted by atomic mass is 16.5. The van der Waals surface area contributed by atoms with Crippen LogP contribution < -0.4 is 4.74 Å². The van der Waals surface area contributed by atoms with Crippen LogP contribution in [0.2, 0.25) is 0 Å². The Bertz CT molecular complexity index is 341. The SMILES string of the molecule is CCOc1ccccc1C1C=CCCC1. The molecule has 1 atom stereocenters. The second-order valence-electron chi connectivity index (χ2n) is 3.94. The van der Waals surface area contributed by atoms with E-state index in [4.69, 9.17) is 4.74 Å². The van der Waals surface area contributed by atoms with E-state index in [1.165, 1.54) is 24.8 Å². The highest BCUT2D eigenvalue weighted by molar-refractivity contribution is 5.38. The van der Waals surface area contributed by atoms with E-state index in [0.717, 1.165) is 12.4 Å². The van der Waals surface area contributed by atoms with Gasteiger partial charge in [0.1, 0.15) is 5.75 Å². The highest BCUT2D eigenvalue weighted by Gasteiger charge is 2.14. The van der Waals surface area contributed by atoms with Crippen LogP contribution in [0.5, 0.6) is 5.75 Å². The first-order valence-corrected chi connectivity index (χ1v) is 5.80. The Morgan fingerprint density at radius 1 is 1.33 bits per heavy atom. The van der Waals surface area contributed by atoms with Gasteiger partial charge in [0.2, 0.25) is 0 Å². The van der Waals surface area contributed by atoms with Crippen molar-refractivity contribution in [3.8, 4) is 5.75 Å². The van der Waals surface area contributed by atoms with E-state index in [2.05, 4.69) is 30.4 Å². The zero-order valence-electron chi connectivity index (χ0n) is 9.28.